The molecule has 0 aliphatic rings. The molecule has 0 aliphatic heterocycles. The van der Waals surface area contributed by atoms with Crippen molar-refractivity contribution in [3.63, 3.8) is 0 Å². The summed E-state index contributed by atoms with van der Waals surface area (Å²) in [6.07, 6.45) is 0. The van der Waals surface area contributed by atoms with Crippen LogP contribution in [-0.2, 0) is 15.5 Å². The molecule has 0 aromatic carbocycles. The van der Waals surface area contributed by atoms with Gasteiger partial charge < -0.3 is 4.55 Å². The van der Waals surface area contributed by atoms with Gasteiger partial charge in [-0.1, -0.05) is 0 Å². The van der Waals surface area contributed by atoms with E-state index in [1.165, 1.54) is 0 Å². The van der Waals surface area contributed by atoms with Crippen LogP contribution in [0.3, 0.4) is 0 Å². The summed E-state index contributed by atoms with van der Waals surface area (Å²) in [5.41, 5.74) is 0. The molecule has 0 bridgehead atoms. The lowest BCUT2D eigenvalue weighted by Gasteiger charge is -2.00. The smallest absolute Gasteiger partial charge is 0.0842 e. The summed E-state index contributed by atoms with van der Waals surface area (Å²) in [7, 11) is 0. The molecule has 0 aromatic rings. The van der Waals surface area contributed by atoms with Crippen LogP contribution in [0.5, 0.6) is 0 Å². The molecule has 0 aliphatic carbocycles. The van der Waals surface area contributed by atoms with E-state index in [0.29, 0.717) is 0 Å². The predicted octanol–water partition coefficient (Wildman–Crippen LogP) is 0.0359. The van der Waals surface area contributed by atoms with Gasteiger partial charge in [-0.3, -0.25) is 4.18 Å². The Labute approximate surface area is 49.1 Å². The zero-order chi connectivity index (χ0) is 5.70. The fourth-order valence-corrected chi connectivity index (χ4v) is 0.488. The van der Waals surface area contributed by atoms with E-state index in [1.807, 2.05) is 0 Å². The minimum atomic E-state index is -2.40. The second kappa shape index (κ2) is 4.52. The van der Waals surface area contributed by atoms with Crippen molar-refractivity contribution in [2.24, 2.45) is 0 Å². The molecule has 0 spiro atoms. The zero-order valence-electron chi connectivity index (χ0n) is 3.43. The van der Waals surface area contributed by atoms with Crippen LogP contribution in [-0.4, -0.2) is 21.2 Å². The van der Waals surface area contributed by atoms with Crippen molar-refractivity contribution in [1.82, 2.24) is 0 Å². The van der Waals surface area contributed by atoms with Gasteiger partial charge in [0.2, 0.25) is 0 Å². The normalized spacial score (nSPS) is 14.0. The summed E-state index contributed by atoms with van der Waals surface area (Å²) < 4.78 is 22.9. The van der Waals surface area contributed by atoms with Gasteiger partial charge in [-0.2, -0.15) is 0 Å². The fourth-order valence-electron chi connectivity index (χ4n) is 0.0995. The molecule has 3 nitrogen and oxygen atoms in total. The molecule has 1 atom stereocenters. The molecule has 0 heterocycles. The Morgan fingerprint density at radius 3 is 2.57 bits per heavy atom. The van der Waals surface area contributed by atoms with Crippen LogP contribution in [0.4, 0.5) is 0 Å². The molecule has 0 fully saturated rings. The van der Waals surface area contributed by atoms with Crippen LogP contribution < -0.4 is 0 Å². The van der Waals surface area contributed by atoms with Gasteiger partial charge >= 0.3 is 0 Å². The van der Waals surface area contributed by atoms with Crippen LogP contribution in [0.2, 0.25) is 0 Å². The van der Waals surface area contributed by atoms with E-state index < -0.39 is 11.4 Å². The Kier molecular flexibility index (Phi) is 4.75. The van der Waals surface area contributed by atoms with E-state index in [4.69, 9.17) is 11.6 Å². The molecule has 0 saturated carbocycles. The number of halogens is 1. The van der Waals surface area contributed by atoms with Crippen molar-refractivity contribution in [3.8, 4) is 0 Å². The minimum Gasteiger partial charge on any atom is -0.750 e. The zero-order valence-corrected chi connectivity index (χ0v) is 5.00. The lowest BCUT2D eigenvalue weighted by Crippen LogP contribution is -1.97. The van der Waals surface area contributed by atoms with Crippen molar-refractivity contribution < 1.29 is 12.9 Å². The summed E-state index contributed by atoms with van der Waals surface area (Å²) in [5.74, 6) is 0.202. The Balaban J connectivity index is 2.82. The molecule has 0 radical (unpaired) electrons. The molecule has 0 rings (SSSR count). The van der Waals surface area contributed by atoms with Crippen LogP contribution in [0, 0.1) is 0 Å². The molecule has 7 heavy (non-hydrogen) atoms. The summed E-state index contributed by atoms with van der Waals surface area (Å²) in [6.45, 7) is 0.0532. The van der Waals surface area contributed by atoms with E-state index >= 15 is 0 Å². The molecule has 0 aromatic heterocycles. The lowest BCUT2D eigenvalue weighted by molar-refractivity contribution is 0.319. The second-order valence-corrected chi connectivity index (χ2v) is 1.74. The first-order valence-corrected chi connectivity index (χ1v) is 3.09. The molecule has 0 N–H and O–H groups in total. The third-order valence-electron chi connectivity index (χ3n) is 0.257. The maximum atomic E-state index is 9.48. The van der Waals surface area contributed by atoms with E-state index in [0.717, 1.165) is 0 Å². The van der Waals surface area contributed by atoms with E-state index in [1.54, 1.807) is 0 Å². The molecule has 0 amide bonds. The highest BCUT2D eigenvalue weighted by atomic mass is 35.5. The maximum absolute atomic E-state index is 9.48. The summed E-state index contributed by atoms with van der Waals surface area (Å²) >= 11 is 2.65. The van der Waals surface area contributed by atoms with Crippen molar-refractivity contribution in [3.05, 3.63) is 0 Å². The van der Waals surface area contributed by atoms with E-state index in [-0.39, 0.29) is 12.5 Å². The van der Waals surface area contributed by atoms with Crippen molar-refractivity contribution >= 4 is 23.0 Å². The molecule has 44 valence electrons. The third kappa shape index (κ3) is 6.36. The summed E-state index contributed by atoms with van der Waals surface area (Å²) in [5, 5.41) is 0. The van der Waals surface area contributed by atoms with Gasteiger partial charge in [-0.15, -0.1) is 11.6 Å². The van der Waals surface area contributed by atoms with Gasteiger partial charge in [0.25, 0.3) is 0 Å². The van der Waals surface area contributed by atoms with Crippen molar-refractivity contribution in [1.29, 1.82) is 0 Å². The molecular weight excluding hydrogens is 140 g/mol. The number of hydrogen-bond acceptors (Lipinski definition) is 3. The van der Waals surface area contributed by atoms with Crippen LogP contribution in [0.1, 0.15) is 0 Å². The first kappa shape index (κ1) is 7.36. The summed E-state index contributed by atoms with van der Waals surface area (Å²) in [6, 6.07) is 0. The standard InChI is InChI=1S/C2H5ClO3S/c3-1-2-6-7(4)5/h1-2H2,(H,4,5)/p-1. The number of rotatable bonds is 3. The van der Waals surface area contributed by atoms with Crippen molar-refractivity contribution in [2.45, 2.75) is 0 Å². The third-order valence-corrected chi connectivity index (χ3v) is 0.770. The van der Waals surface area contributed by atoms with Gasteiger partial charge in [0, 0.05) is 5.88 Å². The highest BCUT2D eigenvalue weighted by Crippen LogP contribution is 1.79. The Hall–Kier alpha value is 0.360. The Bertz CT molecular complexity index is 66.0. The molecule has 0 saturated heterocycles. The quantitative estimate of drug-likeness (QED) is 0.414. The number of alkyl halides is 1. The lowest BCUT2D eigenvalue weighted by atomic mass is 10.9. The van der Waals surface area contributed by atoms with Crippen LogP contribution in [0.25, 0.3) is 0 Å². The van der Waals surface area contributed by atoms with E-state index in [9.17, 15) is 8.76 Å². The Morgan fingerprint density at radius 2 is 2.43 bits per heavy atom. The van der Waals surface area contributed by atoms with Gasteiger partial charge in [0.05, 0.1) is 18.0 Å². The number of hydrogen-bond donors (Lipinski definition) is 0. The largest absolute Gasteiger partial charge is 0.750 e. The second-order valence-electron chi connectivity index (χ2n) is 0.715. The van der Waals surface area contributed by atoms with Crippen molar-refractivity contribution in [2.75, 3.05) is 12.5 Å². The van der Waals surface area contributed by atoms with Gasteiger partial charge in [0.1, 0.15) is 0 Å². The van der Waals surface area contributed by atoms with E-state index in [2.05, 4.69) is 4.18 Å². The molecule has 5 heteroatoms. The van der Waals surface area contributed by atoms with Gasteiger partial charge in [-0.25, -0.2) is 4.21 Å². The molecular formula is C2H4ClO3S-. The summed E-state index contributed by atoms with van der Waals surface area (Å²) in [4.78, 5) is 0. The monoisotopic (exact) mass is 143 g/mol. The average Bonchev–Trinajstić information content (AvgIpc) is 1.61. The topological polar surface area (TPSA) is 49.4 Å². The van der Waals surface area contributed by atoms with Gasteiger partial charge in [-0.05, 0) is 0 Å². The predicted molar refractivity (Wildman–Crippen MR) is 25.6 cm³/mol. The molecule has 1 unspecified atom stereocenters. The van der Waals surface area contributed by atoms with Gasteiger partial charge in [0.15, 0.2) is 0 Å². The maximum Gasteiger partial charge on any atom is 0.0842 e. The highest BCUT2D eigenvalue weighted by Gasteiger charge is 1.79. The SMILES string of the molecule is O=S([O-])OCCCl. The fraction of sp³-hybridized carbons (Fsp3) is 1.00. The van der Waals surface area contributed by atoms with Crippen LogP contribution >= 0.6 is 11.6 Å². The average molecular weight is 144 g/mol. The first-order valence-electron chi connectivity index (χ1n) is 1.56. The first-order chi connectivity index (χ1) is 3.27. The van der Waals surface area contributed by atoms with Crippen LogP contribution in [0.15, 0.2) is 0 Å². The highest BCUT2D eigenvalue weighted by molar-refractivity contribution is 7.74. The minimum absolute atomic E-state index is 0.0532. The Morgan fingerprint density at radius 1 is 1.86 bits per heavy atom.